The van der Waals surface area contributed by atoms with E-state index in [0.29, 0.717) is 28.5 Å². The number of halogens is 3. The van der Waals surface area contributed by atoms with Crippen LogP contribution in [-0.2, 0) is 25.5 Å². The lowest BCUT2D eigenvalue weighted by atomic mass is 9.88. The highest BCUT2D eigenvalue weighted by Gasteiger charge is 2.48. The Morgan fingerprint density at radius 1 is 1.05 bits per heavy atom. The van der Waals surface area contributed by atoms with Crippen LogP contribution >= 0.6 is 23.2 Å². The molecule has 3 aromatic carbocycles. The van der Waals surface area contributed by atoms with Crippen molar-refractivity contribution in [3.05, 3.63) is 105 Å². The summed E-state index contributed by atoms with van der Waals surface area (Å²) in [5.74, 6) is -1.48. The second kappa shape index (κ2) is 13.3. The fraction of sp³-hybridized carbons (Fsp3) is 0.323. The molecule has 1 heterocycles. The lowest BCUT2D eigenvalue weighted by Crippen LogP contribution is -2.57. The van der Waals surface area contributed by atoms with E-state index in [2.05, 4.69) is 0 Å². The molecule has 0 aliphatic carbocycles. The van der Waals surface area contributed by atoms with Crippen LogP contribution in [0.25, 0.3) is 0 Å². The van der Waals surface area contributed by atoms with Gasteiger partial charge in [0.25, 0.3) is 5.91 Å². The van der Waals surface area contributed by atoms with Gasteiger partial charge in [0, 0.05) is 16.5 Å². The minimum absolute atomic E-state index is 0.0115. The molecule has 0 saturated carbocycles. The maximum absolute atomic E-state index is 14.3. The second-order valence-electron chi connectivity index (χ2n) is 9.51. The van der Waals surface area contributed by atoms with Crippen LogP contribution in [0.15, 0.2) is 66.7 Å². The molecule has 1 aliphatic rings. The van der Waals surface area contributed by atoms with Crippen LogP contribution in [0.1, 0.15) is 61.1 Å². The van der Waals surface area contributed by atoms with Gasteiger partial charge in [0.2, 0.25) is 0 Å². The molecule has 1 aliphatic heterocycles. The number of carbonyl (C=O) groups excluding carboxylic acids is 2. The van der Waals surface area contributed by atoms with Gasteiger partial charge in [-0.1, -0.05) is 66.9 Å². The summed E-state index contributed by atoms with van der Waals surface area (Å²) in [5, 5.41) is 10.7. The first-order valence-corrected chi connectivity index (χ1v) is 13.9. The van der Waals surface area contributed by atoms with E-state index in [0.717, 1.165) is 17.2 Å². The zero-order chi connectivity index (χ0) is 28.8. The van der Waals surface area contributed by atoms with E-state index in [-0.39, 0.29) is 18.6 Å². The largest absolute Gasteiger partial charge is 0.464 e. The predicted molar refractivity (Wildman–Crippen MR) is 150 cm³/mol. The molecule has 208 valence electrons. The third kappa shape index (κ3) is 6.47. The molecule has 6 nitrogen and oxygen atoms in total. The van der Waals surface area contributed by atoms with Crippen LogP contribution in [0.5, 0.6) is 0 Å². The third-order valence-corrected chi connectivity index (χ3v) is 7.40. The second-order valence-corrected chi connectivity index (χ2v) is 10.4. The number of nitriles is 1. The molecule has 3 aromatic rings. The van der Waals surface area contributed by atoms with Crippen molar-refractivity contribution in [1.29, 1.82) is 5.26 Å². The smallest absolute Gasteiger partial charge is 0.328 e. The van der Waals surface area contributed by atoms with Gasteiger partial charge in [0.15, 0.2) is 0 Å². The molecular formula is C31H29Cl2FN2O4. The Bertz CT molecular complexity index is 1390. The standard InChI is InChI=1S/C31H29Cl2FN2O4/c1-3-5-26(31(38)39-4-2)36-28(19-6-11-23(32)12-7-19)29(20-8-13-24(33)14-9-20)40-27(30(36)37)17-21-10-15-25(34)16-22(21)18-35/h6-16,26-29H,3-5,17H2,1-2H3/t26-,27+,28-,29+/m1/s1. The molecular weight excluding hydrogens is 554 g/mol. The molecule has 0 bridgehead atoms. The zero-order valence-electron chi connectivity index (χ0n) is 22.1. The SMILES string of the molecule is CCC[C@H](C(=O)OCC)N1C(=O)[C@H](Cc2ccc(F)cc2C#N)O[C@@H](c2ccc(Cl)cc2)[C@H]1c1ccc(Cl)cc1. The van der Waals surface area contributed by atoms with Gasteiger partial charge in [-0.3, -0.25) is 4.79 Å². The van der Waals surface area contributed by atoms with Gasteiger partial charge in [0.1, 0.15) is 24.1 Å². The number of carbonyl (C=O) groups is 2. The summed E-state index contributed by atoms with van der Waals surface area (Å²) < 4.78 is 25.8. The van der Waals surface area contributed by atoms with E-state index in [4.69, 9.17) is 32.7 Å². The van der Waals surface area contributed by atoms with E-state index >= 15 is 0 Å². The van der Waals surface area contributed by atoms with Crippen molar-refractivity contribution in [1.82, 2.24) is 4.90 Å². The summed E-state index contributed by atoms with van der Waals surface area (Å²) >= 11 is 12.4. The maximum atomic E-state index is 14.3. The van der Waals surface area contributed by atoms with E-state index in [1.165, 1.54) is 12.1 Å². The number of ether oxygens (including phenoxy) is 2. The molecule has 1 fully saturated rings. The van der Waals surface area contributed by atoms with Crippen molar-refractivity contribution in [3.8, 4) is 6.07 Å². The molecule has 4 atom stereocenters. The number of benzene rings is 3. The highest BCUT2D eigenvalue weighted by molar-refractivity contribution is 6.30. The number of hydrogen-bond acceptors (Lipinski definition) is 5. The fourth-order valence-corrected chi connectivity index (χ4v) is 5.32. The van der Waals surface area contributed by atoms with Crippen LogP contribution in [0.4, 0.5) is 4.39 Å². The van der Waals surface area contributed by atoms with Gasteiger partial charge in [-0.15, -0.1) is 0 Å². The van der Waals surface area contributed by atoms with E-state index in [1.54, 1.807) is 36.1 Å². The molecule has 1 amide bonds. The van der Waals surface area contributed by atoms with Crippen molar-refractivity contribution in [2.45, 2.75) is 57.4 Å². The molecule has 0 spiro atoms. The highest BCUT2D eigenvalue weighted by Crippen LogP contribution is 2.44. The number of esters is 1. The third-order valence-electron chi connectivity index (χ3n) is 6.89. The fourth-order valence-electron chi connectivity index (χ4n) is 5.06. The molecule has 0 radical (unpaired) electrons. The van der Waals surface area contributed by atoms with Crippen molar-refractivity contribution in [2.75, 3.05) is 6.61 Å². The normalized spacial score (nSPS) is 19.6. The van der Waals surface area contributed by atoms with Crippen molar-refractivity contribution >= 4 is 35.1 Å². The lowest BCUT2D eigenvalue weighted by Gasteiger charge is -2.47. The Morgan fingerprint density at radius 3 is 2.25 bits per heavy atom. The Labute approximate surface area is 243 Å². The Kier molecular flexibility index (Phi) is 9.80. The number of amides is 1. The Morgan fingerprint density at radius 2 is 1.68 bits per heavy atom. The number of hydrogen-bond donors (Lipinski definition) is 0. The summed E-state index contributed by atoms with van der Waals surface area (Å²) in [7, 11) is 0. The van der Waals surface area contributed by atoms with Crippen molar-refractivity contribution < 1.29 is 23.5 Å². The maximum Gasteiger partial charge on any atom is 0.328 e. The van der Waals surface area contributed by atoms with E-state index < -0.39 is 42.0 Å². The number of rotatable bonds is 9. The molecule has 40 heavy (non-hydrogen) atoms. The van der Waals surface area contributed by atoms with E-state index in [1.807, 2.05) is 37.3 Å². The predicted octanol–water partition coefficient (Wildman–Crippen LogP) is 6.99. The first-order valence-electron chi connectivity index (χ1n) is 13.1. The number of nitrogens with zero attached hydrogens (tertiary/aromatic N) is 2. The summed E-state index contributed by atoms with van der Waals surface area (Å²) in [6.07, 6.45) is -0.767. The minimum Gasteiger partial charge on any atom is -0.464 e. The minimum atomic E-state index is -1.06. The van der Waals surface area contributed by atoms with Crippen LogP contribution in [0, 0.1) is 17.1 Å². The summed E-state index contributed by atoms with van der Waals surface area (Å²) in [4.78, 5) is 29.2. The van der Waals surface area contributed by atoms with Crippen molar-refractivity contribution in [3.63, 3.8) is 0 Å². The topological polar surface area (TPSA) is 79.6 Å². The average Bonchev–Trinajstić information content (AvgIpc) is 2.94. The highest BCUT2D eigenvalue weighted by atomic mass is 35.5. The Balaban J connectivity index is 1.88. The quantitative estimate of drug-likeness (QED) is 0.254. The summed E-state index contributed by atoms with van der Waals surface area (Å²) in [6.45, 7) is 3.81. The monoisotopic (exact) mass is 582 g/mol. The molecule has 1 saturated heterocycles. The Hall–Kier alpha value is -3.44. The van der Waals surface area contributed by atoms with Crippen LogP contribution < -0.4 is 0 Å². The van der Waals surface area contributed by atoms with Gasteiger partial charge in [0.05, 0.1) is 24.3 Å². The van der Waals surface area contributed by atoms with Gasteiger partial charge >= 0.3 is 5.97 Å². The van der Waals surface area contributed by atoms with Crippen LogP contribution in [-0.4, -0.2) is 35.5 Å². The van der Waals surface area contributed by atoms with Gasteiger partial charge < -0.3 is 14.4 Å². The summed E-state index contributed by atoms with van der Waals surface area (Å²) in [6, 6.07) is 18.4. The molecule has 0 N–H and O–H groups in total. The lowest BCUT2D eigenvalue weighted by molar-refractivity contribution is -0.186. The van der Waals surface area contributed by atoms with Crippen molar-refractivity contribution in [2.24, 2.45) is 0 Å². The van der Waals surface area contributed by atoms with Gasteiger partial charge in [-0.2, -0.15) is 5.26 Å². The van der Waals surface area contributed by atoms with Crippen LogP contribution in [0.3, 0.4) is 0 Å². The van der Waals surface area contributed by atoms with Gasteiger partial charge in [-0.05, 0) is 66.4 Å². The van der Waals surface area contributed by atoms with Gasteiger partial charge in [-0.25, -0.2) is 9.18 Å². The number of morpholine rings is 1. The molecule has 9 heteroatoms. The first kappa shape index (κ1) is 29.5. The molecule has 4 rings (SSSR count). The molecule has 0 unspecified atom stereocenters. The average molecular weight is 583 g/mol. The zero-order valence-corrected chi connectivity index (χ0v) is 23.7. The molecule has 0 aromatic heterocycles. The van der Waals surface area contributed by atoms with Crippen LogP contribution in [0.2, 0.25) is 10.0 Å². The summed E-state index contributed by atoms with van der Waals surface area (Å²) in [5.41, 5.74) is 2.04. The first-order chi connectivity index (χ1) is 19.3. The van der Waals surface area contributed by atoms with E-state index in [9.17, 15) is 19.2 Å².